The van der Waals surface area contributed by atoms with Gasteiger partial charge in [-0.2, -0.15) is 0 Å². The largest absolute Gasteiger partial charge is 0.299 e. The minimum Gasteiger partial charge on any atom is -0.299 e. The minimum absolute atomic E-state index is 0.406. The van der Waals surface area contributed by atoms with Crippen molar-refractivity contribution in [1.82, 2.24) is 4.90 Å². The summed E-state index contributed by atoms with van der Waals surface area (Å²) >= 11 is 0. The van der Waals surface area contributed by atoms with Crippen LogP contribution in [0.25, 0.3) is 0 Å². The number of hydrogen-bond acceptors (Lipinski definition) is 1. The lowest BCUT2D eigenvalue weighted by molar-refractivity contribution is 0.0881. The van der Waals surface area contributed by atoms with E-state index in [0.29, 0.717) is 11.6 Å². The Labute approximate surface area is 78.1 Å². The first kappa shape index (κ1) is 12.0. The van der Waals surface area contributed by atoms with Crippen LogP contribution in [-0.4, -0.2) is 23.5 Å². The van der Waals surface area contributed by atoms with Gasteiger partial charge in [-0.05, 0) is 40.7 Å². The van der Waals surface area contributed by atoms with Gasteiger partial charge in [-0.15, -0.1) is 0 Å². The highest BCUT2D eigenvalue weighted by molar-refractivity contribution is 4.84. The average molecular weight is 171 g/mol. The lowest BCUT2D eigenvalue weighted by Gasteiger charge is -2.41. The fourth-order valence-electron chi connectivity index (χ4n) is 1.76. The SMILES string of the molecule is CCCC(C)(CC)N(C)C(C)C. The molecule has 0 aromatic carbocycles. The Morgan fingerprint density at radius 2 is 1.75 bits per heavy atom. The van der Waals surface area contributed by atoms with E-state index < -0.39 is 0 Å². The van der Waals surface area contributed by atoms with Gasteiger partial charge in [0.25, 0.3) is 0 Å². The van der Waals surface area contributed by atoms with Crippen LogP contribution >= 0.6 is 0 Å². The van der Waals surface area contributed by atoms with Crippen molar-refractivity contribution in [3.05, 3.63) is 0 Å². The Kier molecular flexibility index (Phi) is 4.84. The molecule has 0 fully saturated rings. The zero-order chi connectivity index (χ0) is 9.78. The highest BCUT2D eigenvalue weighted by Crippen LogP contribution is 2.25. The molecule has 1 heteroatoms. The maximum absolute atomic E-state index is 2.50. The molecule has 0 aliphatic carbocycles. The molecule has 1 atom stereocenters. The van der Waals surface area contributed by atoms with Crippen molar-refractivity contribution in [2.75, 3.05) is 7.05 Å². The Morgan fingerprint density at radius 3 is 2.00 bits per heavy atom. The fraction of sp³-hybridized carbons (Fsp3) is 1.00. The van der Waals surface area contributed by atoms with E-state index in [9.17, 15) is 0 Å². The molecule has 0 saturated heterocycles. The summed E-state index contributed by atoms with van der Waals surface area (Å²) in [7, 11) is 2.24. The maximum atomic E-state index is 2.50. The van der Waals surface area contributed by atoms with Crippen molar-refractivity contribution in [2.24, 2.45) is 0 Å². The van der Waals surface area contributed by atoms with Crippen molar-refractivity contribution in [3.63, 3.8) is 0 Å². The zero-order valence-electron chi connectivity index (χ0n) is 9.65. The van der Waals surface area contributed by atoms with E-state index in [1.54, 1.807) is 0 Å². The molecule has 12 heavy (non-hydrogen) atoms. The molecule has 0 aliphatic heterocycles. The van der Waals surface area contributed by atoms with Gasteiger partial charge in [0, 0.05) is 11.6 Å². The lowest BCUT2D eigenvalue weighted by Crippen LogP contribution is -2.46. The predicted octanol–water partition coefficient (Wildman–Crippen LogP) is 3.30. The second-order valence-corrected chi connectivity index (χ2v) is 4.31. The first-order valence-corrected chi connectivity index (χ1v) is 5.21. The first-order chi connectivity index (χ1) is 5.48. The van der Waals surface area contributed by atoms with E-state index in [0.717, 1.165) is 0 Å². The maximum Gasteiger partial charge on any atom is 0.0178 e. The number of rotatable bonds is 5. The molecule has 0 radical (unpaired) electrons. The van der Waals surface area contributed by atoms with Gasteiger partial charge >= 0.3 is 0 Å². The molecule has 0 aliphatic rings. The van der Waals surface area contributed by atoms with Crippen molar-refractivity contribution < 1.29 is 0 Å². The Bertz CT molecular complexity index is 120. The van der Waals surface area contributed by atoms with Crippen LogP contribution in [0.1, 0.15) is 53.9 Å². The highest BCUT2D eigenvalue weighted by Gasteiger charge is 2.27. The number of nitrogens with zero attached hydrogens (tertiary/aromatic N) is 1. The van der Waals surface area contributed by atoms with Crippen molar-refractivity contribution in [1.29, 1.82) is 0 Å². The third-order valence-corrected chi connectivity index (χ3v) is 3.18. The molecule has 0 aromatic heterocycles. The topological polar surface area (TPSA) is 3.24 Å². The molecule has 0 amide bonds. The van der Waals surface area contributed by atoms with Crippen LogP contribution in [0.5, 0.6) is 0 Å². The lowest BCUT2D eigenvalue weighted by atomic mass is 9.90. The Morgan fingerprint density at radius 1 is 1.25 bits per heavy atom. The van der Waals surface area contributed by atoms with Gasteiger partial charge in [0.2, 0.25) is 0 Å². The van der Waals surface area contributed by atoms with Gasteiger partial charge in [-0.25, -0.2) is 0 Å². The molecule has 1 unspecified atom stereocenters. The van der Waals surface area contributed by atoms with E-state index in [1.165, 1.54) is 19.3 Å². The fourth-order valence-corrected chi connectivity index (χ4v) is 1.76. The molecular weight excluding hydrogens is 146 g/mol. The van der Waals surface area contributed by atoms with Gasteiger partial charge in [-0.3, -0.25) is 4.90 Å². The second kappa shape index (κ2) is 4.86. The monoisotopic (exact) mass is 171 g/mol. The van der Waals surface area contributed by atoms with Gasteiger partial charge in [-0.1, -0.05) is 20.3 Å². The molecule has 0 spiro atoms. The highest BCUT2D eigenvalue weighted by atomic mass is 15.2. The van der Waals surface area contributed by atoms with E-state index in [2.05, 4.69) is 46.6 Å². The normalized spacial score (nSPS) is 17.0. The van der Waals surface area contributed by atoms with Crippen LogP contribution in [0.4, 0.5) is 0 Å². The van der Waals surface area contributed by atoms with Gasteiger partial charge in [0.1, 0.15) is 0 Å². The summed E-state index contributed by atoms with van der Waals surface area (Å²) in [5, 5.41) is 0. The molecule has 0 N–H and O–H groups in total. The summed E-state index contributed by atoms with van der Waals surface area (Å²) in [6, 6.07) is 0.654. The quantitative estimate of drug-likeness (QED) is 0.613. The van der Waals surface area contributed by atoms with Gasteiger partial charge in [0.15, 0.2) is 0 Å². The summed E-state index contributed by atoms with van der Waals surface area (Å²) in [5.41, 5.74) is 0.406. The molecule has 0 bridgehead atoms. The minimum atomic E-state index is 0.406. The van der Waals surface area contributed by atoms with Gasteiger partial charge in [0.05, 0.1) is 0 Å². The van der Waals surface area contributed by atoms with E-state index in [-0.39, 0.29) is 0 Å². The van der Waals surface area contributed by atoms with Crippen molar-refractivity contribution >= 4 is 0 Å². The molecule has 0 aromatic rings. The summed E-state index contributed by atoms with van der Waals surface area (Å²) < 4.78 is 0. The van der Waals surface area contributed by atoms with Gasteiger partial charge < -0.3 is 0 Å². The molecule has 0 heterocycles. The van der Waals surface area contributed by atoms with Crippen molar-refractivity contribution in [2.45, 2.75) is 65.5 Å². The molecule has 0 rings (SSSR count). The average Bonchev–Trinajstić information content (AvgIpc) is 2.03. The van der Waals surface area contributed by atoms with Crippen LogP contribution in [-0.2, 0) is 0 Å². The Balaban J connectivity index is 4.28. The third-order valence-electron chi connectivity index (χ3n) is 3.18. The van der Waals surface area contributed by atoms with Crippen LogP contribution < -0.4 is 0 Å². The van der Waals surface area contributed by atoms with Crippen LogP contribution in [0, 0.1) is 0 Å². The smallest absolute Gasteiger partial charge is 0.0178 e. The molecule has 74 valence electrons. The Hall–Kier alpha value is -0.0400. The van der Waals surface area contributed by atoms with Crippen molar-refractivity contribution in [3.8, 4) is 0 Å². The van der Waals surface area contributed by atoms with E-state index >= 15 is 0 Å². The van der Waals surface area contributed by atoms with Crippen LogP contribution in [0.2, 0.25) is 0 Å². The van der Waals surface area contributed by atoms with E-state index in [1.807, 2.05) is 0 Å². The summed E-state index contributed by atoms with van der Waals surface area (Å²) in [6.45, 7) is 11.5. The third kappa shape index (κ3) is 2.78. The standard InChI is InChI=1S/C11H25N/c1-7-9-11(5,8-2)12(6)10(3)4/h10H,7-9H2,1-6H3. The molecule has 0 saturated carbocycles. The molecular formula is C11H25N. The number of hydrogen-bond donors (Lipinski definition) is 0. The zero-order valence-corrected chi connectivity index (χ0v) is 9.65. The summed E-state index contributed by atoms with van der Waals surface area (Å²) in [5.74, 6) is 0. The predicted molar refractivity (Wildman–Crippen MR) is 56.5 cm³/mol. The van der Waals surface area contributed by atoms with Crippen LogP contribution in [0.15, 0.2) is 0 Å². The first-order valence-electron chi connectivity index (χ1n) is 5.21. The summed E-state index contributed by atoms with van der Waals surface area (Å²) in [6.07, 6.45) is 3.83. The van der Waals surface area contributed by atoms with Crippen LogP contribution in [0.3, 0.4) is 0 Å². The second-order valence-electron chi connectivity index (χ2n) is 4.31. The molecule has 1 nitrogen and oxygen atoms in total. The summed E-state index contributed by atoms with van der Waals surface area (Å²) in [4.78, 5) is 2.50. The van der Waals surface area contributed by atoms with E-state index in [4.69, 9.17) is 0 Å².